The molecule has 0 aromatic rings. The van der Waals surface area contributed by atoms with E-state index in [4.69, 9.17) is 4.43 Å². The highest BCUT2D eigenvalue weighted by Crippen LogP contribution is 2.63. The first-order valence-corrected chi connectivity index (χ1v) is 14.2. The SMILES string of the molecule is C=CC[C@]12SC(SC)=C(C(=O)O)N1C(=O)[C@H]2[C@@H](CC)O[Si](C)(C)C(C)(C)C. The van der Waals surface area contributed by atoms with Crippen LogP contribution < -0.4 is 0 Å². The van der Waals surface area contributed by atoms with E-state index in [-0.39, 0.29) is 28.7 Å². The number of fused-ring (bicyclic) bond motifs is 1. The molecule has 0 saturated carbocycles. The number of carbonyl (C=O) groups is 2. The molecule has 0 aromatic carbocycles. The maximum absolute atomic E-state index is 13.1. The minimum atomic E-state index is -2.07. The zero-order valence-electron chi connectivity index (χ0n) is 17.3. The fraction of sp³-hybridized carbons (Fsp3) is 0.684. The molecule has 0 aliphatic carbocycles. The number of β-lactam (4-membered cyclic amide) rings is 1. The second-order valence-corrected chi connectivity index (χ2v) is 15.7. The Hall–Kier alpha value is -0.703. The number of aliphatic carboxylic acids is 1. The molecule has 152 valence electrons. The molecule has 3 atom stereocenters. The number of rotatable bonds is 8. The minimum Gasteiger partial charge on any atom is -0.477 e. The van der Waals surface area contributed by atoms with Gasteiger partial charge in [-0.1, -0.05) is 45.5 Å². The van der Waals surface area contributed by atoms with Crippen LogP contribution >= 0.6 is 23.5 Å². The fourth-order valence-corrected chi connectivity index (χ4v) is 7.48. The molecule has 0 radical (unpaired) electrons. The van der Waals surface area contributed by atoms with Crippen molar-refractivity contribution in [2.75, 3.05) is 6.26 Å². The highest BCUT2D eigenvalue weighted by molar-refractivity contribution is 8.22. The van der Waals surface area contributed by atoms with E-state index in [9.17, 15) is 14.7 Å². The molecule has 2 heterocycles. The molecular weight excluding hydrogens is 398 g/mol. The smallest absolute Gasteiger partial charge is 0.354 e. The number of carboxylic acid groups (broad SMARTS) is 1. The standard InChI is InChI=1S/C19H31NO4S2Si/c1-9-11-19-13(12(10-2)24-27(7,8)18(3,4)5)15(21)20(19)14(16(22)23)17(25-6)26-19/h9,12-13H,1,10-11H2,2-8H3,(H,22,23)/t12-,13-,19-/m1/s1. The van der Waals surface area contributed by atoms with Gasteiger partial charge in [0.1, 0.15) is 4.87 Å². The van der Waals surface area contributed by atoms with Crippen LogP contribution in [-0.2, 0) is 14.0 Å². The van der Waals surface area contributed by atoms with E-state index in [0.717, 1.165) is 0 Å². The summed E-state index contributed by atoms with van der Waals surface area (Å²) in [6.07, 6.45) is 4.65. The Morgan fingerprint density at radius 1 is 1.52 bits per heavy atom. The number of thioether (sulfide) groups is 2. The molecule has 1 N–H and O–H groups in total. The number of amides is 1. The van der Waals surface area contributed by atoms with E-state index in [0.29, 0.717) is 17.1 Å². The molecular formula is C19H31NO4S2Si. The lowest BCUT2D eigenvalue weighted by molar-refractivity contribution is -0.166. The van der Waals surface area contributed by atoms with Crippen molar-refractivity contribution in [3.05, 3.63) is 22.6 Å². The van der Waals surface area contributed by atoms with Gasteiger partial charge in [-0.05, 0) is 37.2 Å². The summed E-state index contributed by atoms with van der Waals surface area (Å²) in [6, 6.07) is 0. The highest BCUT2D eigenvalue weighted by atomic mass is 32.2. The Bertz CT molecular complexity index is 686. The first kappa shape index (κ1) is 22.6. The molecule has 1 fully saturated rings. The van der Waals surface area contributed by atoms with Crippen molar-refractivity contribution in [2.45, 2.75) is 69.6 Å². The molecule has 8 heteroatoms. The minimum absolute atomic E-state index is 0.0379. The number of hydrogen-bond donors (Lipinski definition) is 1. The van der Waals surface area contributed by atoms with E-state index in [1.807, 2.05) is 13.2 Å². The van der Waals surface area contributed by atoms with Crippen LogP contribution in [0.25, 0.3) is 0 Å². The number of carbonyl (C=O) groups excluding carboxylic acids is 1. The largest absolute Gasteiger partial charge is 0.477 e. The predicted octanol–water partition coefficient (Wildman–Crippen LogP) is 4.88. The summed E-state index contributed by atoms with van der Waals surface area (Å²) in [6.45, 7) is 16.8. The van der Waals surface area contributed by atoms with Crippen LogP contribution in [-0.4, -0.2) is 47.4 Å². The van der Waals surface area contributed by atoms with Gasteiger partial charge in [-0.2, -0.15) is 0 Å². The zero-order chi connectivity index (χ0) is 20.8. The Kier molecular flexibility index (Phi) is 6.37. The third-order valence-corrected chi connectivity index (χ3v) is 13.0. The van der Waals surface area contributed by atoms with Gasteiger partial charge in [0.05, 0.1) is 16.3 Å². The highest BCUT2D eigenvalue weighted by Gasteiger charge is 2.68. The van der Waals surface area contributed by atoms with Crippen LogP contribution in [0.5, 0.6) is 0 Å². The molecule has 1 saturated heterocycles. The summed E-state index contributed by atoms with van der Waals surface area (Å²) in [4.78, 5) is 25.8. The first-order chi connectivity index (χ1) is 12.4. The molecule has 2 aliphatic heterocycles. The van der Waals surface area contributed by atoms with Crippen LogP contribution in [0, 0.1) is 5.92 Å². The van der Waals surface area contributed by atoms with Crippen LogP contribution in [0.1, 0.15) is 40.5 Å². The molecule has 2 rings (SSSR count). The molecule has 5 nitrogen and oxygen atoms in total. The average Bonchev–Trinajstić information content (AvgIpc) is 2.83. The molecule has 27 heavy (non-hydrogen) atoms. The van der Waals surface area contributed by atoms with Gasteiger partial charge in [0.15, 0.2) is 14.0 Å². The van der Waals surface area contributed by atoms with Crippen LogP contribution in [0.4, 0.5) is 0 Å². The van der Waals surface area contributed by atoms with Crippen LogP contribution in [0.15, 0.2) is 22.6 Å². The second-order valence-electron chi connectivity index (χ2n) is 8.56. The summed E-state index contributed by atoms with van der Waals surface area (Å²) in [5.74, 6) is -1.56. The Labute approximate surface area is 172 Å². The predicted molar refractivity (Wildman–Crippen MR) is 116 cm³/mol. The third kappa shape index (κ3) is 3.54. The molecule has 1 amide bonds. The van der Waals surface area contributed by atoms with E-state index < -0.39 is 19.2 Å². The van der Waals surface area contributed by atoms with Gasteiger partial charge in [0, 0.05) is 0 Å². The van der Waals surface area contributed by atoms with Crippen molar-refractivity contribution in [1.29, 1.82) is 0 Å². The van der Waals surface area contributed by atoms with Gasteiger partial charge >= 0.3 is 5.97 Å². The van der Waals surface area contributed by atoms with Crippen molar-refractivity contribution in [3.63, 3.8) is 0 Å². The van der Waals surface area contributed by atoms with E-state index >= 15 is 0 Å². The normalized spacial score (nSPS) is 26.7. The molecule has 0 unspecified atom stereocenters. The summed E-state index contributed by atoms with van der Waals surface area (Å²) in [7, 11) is -2.07. The van der Waals surface area contributed by atoms with Gasteiger partial charge in [-0.15, -0.1) is 18.3 Å². The monoisotopic (exact) mass is 429 g/mol. The zero-order valence-corrected chi connectivity index (χ0v) is 19.9. The van der Waals surface area contributed by atoms with Crippen molar-refractivity contribution in [1.82, 2.24) is 4.90 Å². The third-order valence-electron chi connectivity index (χ3n) is 5.89. The van der Waals surface area contributed by atoms with E-state index in [2.05, 4.69) is 40.4 Å². The van der Waals surface area contributed by atoms with Gasteiger partial charge in [-0.3, -0.25) is 9.69 Å². The summed E-state index contributed by atoms with van der Waals surface area (Å²) < 4.78 is 7.32. The second kappa shape index (κ2) is 7.61. The van der Waals surface area contributed by atoms with Gasteiger partial charge in [0.25, 0.3) is 0 Å². The van der Waals surface area contributed by atoms with Crippen molar-refractivity contribution < 1.29 is 19.1 Å². The van der Waals surface area contributed by atoms with Gasteiger partial charge in [-0.25, -0.2) is 4.79 Å². The molecule has 0 bridgehead atoms. The topological polar surface area (TPSA) is 66.8 Å². The van der Waals surface area contributed by atoms with Crippen LogP contribution in [0.3, 0.4) is 0 Å². The van der Waals surface area contributed by atoms with Crippen molar-refractivity contribution >= 4 is 43.7 Å². The Morgan fingerprint density at radius 3 is 2.52 bits per heavy atom. The summed E-state index contributed by atoms with van der Waals surface area (Å²) in [5.41, 5.74) is 0.109. The van der Waals surface area contributed by atoms with E-state index in [1.54, 1.807) is 6.08 Å². The van der Waals surface area contributed by atoms with Crippen molar-refractivity contribution in [2.24, 2.45) is 5.92 Å². The number of carboxylic acids is 1. The summed E-state index contributed by atoms with van der Waals surface area (Å²) in [5, 5.41) is 9.72. The Morgan fingerprint density at radius 2 is 2.11 bits per heavy atom. The lowest BCUT2D eigenvalue weighted by Crippen LogP contribution is -2.71. The van der Waals surface area contributed by atoms with E-state index in [1.165, 1.54) is 28.4 Å². The number of hydrogen-bond acceptors (Lipinski definition) is 5. The molecule has 0 spiro atoms. The molecule has 0 aromatic heterocycles. The quantitative estimate of drug-likeness (QED) is 0.337. The average molecular weight is 430 g/mol. The van der Waals surface area contributed by atoms with Crippen molar-refractivity contribution in [3.8, 4) is 0 Å². The lowest BCUT2D eigenvalue weighted by Gasteiger charge is -2.56. The lowest BCUT2D eigenvalue weighted by atomic mass is 9.78. The Balaban J connectivity index is 2.42. The van der Waals surface area contributed by atoms with Gasteiger partial charge in [0.2, 0.25) is 5.91 Å². The fourth-order valence-electron chi connectivity index (χ4n) is 3.48. The maximum Gasteiger partial charge on any atom is 0.354 e. The maximum atomic E-state index is 13.1. The summed E-state index contributed by atoms with van der Waals surface area (Å²) >= 11 is 2.87. The first-order valence-electron chi connectivity index (χ1n) is 9.21. The number of nitrogens with zero attached hydrogens (tertiary/aromatic N) is 1. The van der Waals surface area contributed by atoms with Gasteiger partial charge < -0.3 is 9.53 Å². The van der Waals surface area contributed by atoms with Crippen LogP contribution in [0.2, 0.25) is 18.1 Å². The molecule has 2 aliphatic rings.